The van der Waals surface area contributed by atoms with Crippen LogP contribution in [0.5, 0.6) is 0 Å². The number of piperidine rings is 1. The minimum atomic E-state index is -3.84. The van der Waals surface area contributed by atoms with Crippen molar-refractivity contribution in [1.29, 1.82) is 5.26 Å². The molecule has 0 saturated carbocycles. The van der Waals surface area contributed by atoms with Crippen molar-refractivity contribution in [2.75, 3.05) is 18.1 Å². The predicted octanol–water partition coefficient (Wildman–Crippen LogP) is 3.25. The van der Waals surface area contributed by atoms with Crippen LogP contribution in [-0.4, -0.2) is 45.2 Å². The van der Waals surface area contributed by atoms with Crippen LogP contribution in [0.25, 0.3) is 22.1 Å². The van der Waals surface area contributed by atoms with E-state index in [9.17, 15) is 13.5 Å². The molecule has 1 saturated heterocycles. The Bertz CT molecular complexity index is 1500. The van der Waals surface area contributed by atoms with E-state index in [1.807, 2.05) is 11.6 Å². The van der Waals surface area contributed by atoms with Crippen molar-refractivity contribution in [1.82, 2.24) is 18.6 Å². The first-order valence-electron chi connectivity index (χ1n) is 11.3. The number of imidazole rings is 1. The van der Waals surface area contributed by atoms with Crippen LogP contribution < -0.4 is 5.01 Å². The van der Waals surface area contributed by atoms with Gasteiger partial charge in [0.15, 0.2) is 11.5 Å². The van der Waals surface area contributed by atoms with Gasteiger partial charge in [-0.05, 0) is 50.8 Å². The Labute approximate surface area is 197 Å². The van der Waals surface area contributed by atoms with E-state index in [-0.39, 0.29) is 4.90 Å². The van der Waals surface area contributed by atoms with Crippen molar-refractivity contribution in [3.8, 4) is 6.07 Å². The van der Waals surface area contributed by atoms with E-state index in [0.29, 0.717) is 47.8 Å². The zero-order valence-corrected chi connectivity index (χ0v) is 19.9. The number of nitrogens with zero attached hydrogens (tertiary/aromatic N) is 6. The van der Waals surface area contributed by atoms with E-state index in [0.717, 1.165) is 23.9 Å². The summed E-state index contributed by atoms with van der Waals surface area (Å²) in [6, 6.07) is 10.7. The lowest BCUT2D eigenvalue weighted by Gasteiger charge is -2.35. The molecule has 1 aliphatic heterocycles. The molecule has 0 spiro atoms. The van der Waals surface area contributed by atoms with Gasteiger partial charge >= 0.3 is 0 Å². The molecule has 5 rings (SSSR count). The first-order valence-corrected chi connectivity index (χ1v) is 12.8. The number of aromatic nitrogens is 4. The Kier molecular flexibility index (Phi) is 5.54. The quantitative estimate of drug-likeness (QED) is 0.468. The third kappa shape index (κ3) is 3.61. The van der Waals surface area contributed by atoms with E-state index in [2.05, 4.69) is 21.0 Å². The maximum absolute atomic E-state index is 13.4. The van der Waals surface area contributed by atoms with Crippen molar-refractivity contribution in [3.05, 3.63) is 54.1 Å². The molecule has 1 aliphatic rings. The number of rotatable bonds is 5. The van der Waals surface area contributed by atoms with Crippen molar-refractivity contribution < 1.29 is 13.5 Å². The summed E-state index contributed by atoms with van der Waals surface area (Å²) in [4.78, 5) is 9.27. The summed E-state index contributed by atoms with van der Waals surface area (Å²) in [7, 11) is -3.84. The van der Waals surface area contributed by atoms with Gasteiger partial charge in [-0.1, -0.05) is 17.7 Å². The lowest BCUT2D eigenvalue weighted by atomic mass is 9.95. The molecule has 3 aromatic heterocycles. The van der Waals surface area contributed by atoms with Crippen molar-refractivity contribution in [2.24, 2.45) is 5.92 Å². The number of aliphatic hydroxyl groups is 1. The average Bonchev–Trinajstić information content (AvgIpc) is 3.42. The van der Waals surface area contributed by atoms with E-state index in [4.69, 9.17) is 5.26 Å². The topological polar surface area (TPSA) is 117 Å². The van der Waals surface area contributed by atoms with Gasteiger partial charge in [0.1, 0.15) is 17.1 Å². The fourth-order valence-electron chi connectivity index (χ4n) is 4.66. The van der Waals surface area contributed by atoms with Crippen LogP contribution in [0.3, 0.4) is 0 Å². The Balaban J connectivity index is 1.66. The average molecular weight is 479 g/mol. The van der Waals surface area contributed by atoms with Crippen molar-refractivity contribution in [2.45, 2.75) is 44.1 Å². The molecule has 176 valence electrons. The van der Waals surface area contributed by atoms with Gasteiger partial charge in [-0.2, -0.15) is 5.26 Å². The standard InChI is InChI=1S/C24H26N6O3S/c1-16-3-5-19(6-4-16)34(32,33)29-14-10-20-22-21(15-26-24(20)29)27-23(17(2)31)30(22)28-12-8-18(7-11-25)9-13-28/h3-6,10,14-15,17-18,31H,7-9,12-13H2,1-2H3/t17-/m0/s1. The number of aliphatic hydroxyl groups excluding tert-OH is 1. The molecule has 4 heterocycles. The summed E-state index contributed by atoms with van der Waals surface area (Å²) in [6.07, 6.45) is 4.52. The number of hydrogen-bond acceptors (Lipinski definition) is 7. The minimum Gasteiger partial charge on any atom is -0.385 e. The minimum absolute atomic E-state index is 0.190. The fraction of sp³-hybridized carbons (Fsp3) is 0.375. The van der Waals surface area contributed by atoms with Crippen molar-refractivity contribution >= 4 is 32.1 Å². The molecule has 9 nitrogen and oxygen atoms in total. The molecule has 10 heteroatoms. The molecule has 0 radical (unpaired) electrons. The zero-order valence-electron chi connectivity index (χ0n) is 19.1. The third-order valence-corrected chi connectivity index (χ3v) is 8.18. The van der Waals surface area contributed by atoms with Gasteiger partial charge in [-0.15, -0.1) is 0 Å². The second-order valence-corrected chi connectivity index (χ2v) is 10.7. The molecule has 0 bridgehead atoms. The molecule has 0 aliphatic carbocycles. The highest BCUT2D eigenvalue weighted by molar-refractivity contribution is 7.90. The molecule has 1 N–H and O–H groups in total. The monoisotopic (exact) mass is 478 g/mol. The molecule has 4 aromatic rings. The number of aryl methyl sites for hydroxylation is 1. The highest BCUT2D eigenvalue weighted by Crippen LogP contribution is 2.31. The van der Waals surface area contributed by atoms with Gasteiger partial charge in [0.05, 0.1) is 17.2 Å². The summed E-state index contributed by atoms with van der Waals surface area (Å²) in [6.45, 7) is 5.00. The largest absolute Gasteiger partial charge is 0.385 e. The van der Waals surface area contributed by atoms with Crippen LogP contribution >= 0.6 is 0 Å². The lowest BCUT2D eigenvalue weighted by Crippen LogP contribution is -2.42. The normalized spacial score (nSPS) is 16.2. The number of nitriles is 1. The SMILES string of the molecule is Cc1ccc(S(=O)(=O)n2ccc3c2ncc2nc([C@H](C)O)n(N4CCC(CC#N)CC4)c23)cc1. The second-order valence-electron chi connectivity index (χ2n) is 8.88. The van der Waals surface area contributed by atoms with Gasteiger partial charge in [0.25, 0.3) is 10.0 Å². The first kappa shape index (κ1) is 22.4. The molecule has 1 fully saturated rings. The maximum Gasteiger partial charge on any atom is 0.269 e. The van der Waals surface area contributed by atoms with Crippen LogP contribution in [0.15, 0.2) is 47.6 Å². The van der Waals surface area contributed by atoms with Gasteiger partial charge in [-0.3, -0.25) is 0 Å². The summed E-state index contributed by atoms with van der Waals surface area (Å²) >= 11 is 0. The number of pyridine rings is 1. The number of benzene rings is 1. The van der Waals surface area contributed by atoms with Gasteiger partial charge < -0.3 is 10.1 Å². The van der Waals surface area contributed by atoms with Crippen LogP contribution in [0.1, 0.15) is 43.7 Å². The first-order chi connectivity index (χ1) is 16.3. The van der Waals surface area contributed by atoms with Gasteiger partial charge in [0, 0.05) is 31.1 Å². The maximum atomic E-state index is 13.4. The summed E-state index contributed by atoms with van der Waals surface area (Å²) < 4.78 is 29.9. The van der Waals surface area contributed by atoms with Crippen LogP contribution in [-0.2, 0) is 10.0 Å². The molecular formula is C24H26N6O3S. The lowest BCUT2D eigenvalue weighted by molar-refractivity contribution is 0.182. The van der Waals surface area contributed by atoms with E-state index in [1.165, 1.54) is 10.2 Å². The van der Waals surface area contributed by atoms with Gasteiger partial charge in [0.2, 0.25) is 0 Å². The van der Waals surface area contributed by atoms with Crippen molar-refractivity contribution in [3.63, 3.8) is 0 Å². The Hall–Kier alpha value is -3.42. The zero-order chi connectivity index (χ0) is 24.0. The molecule has 1 aromatic carbocycles. The third-order valence-electron chi connectivity index (χ3n) is 6.50. The smallest absolute Gasteiger partial charge is 0.269 e. The Morgan fingerprint density at radius 3 is 2.56 bits per heavy atom. The van der Waals surface area contributed by atoms with Crippen LogP contribution in [0, 0.1) is 24.2 Å². The highest BCUT2D eigenvalue weighted by Gasteiger charge is 2.28. The Morgan fingerprint density at radius 2 is 1.91 bits per heavy atom. The van der Waals surface area contributed by atoms with Crippen LogP contribution in [0.4, 0.5) is 0 Å². The summed E-state index contributed by atoms with van der Waals surface area (Å²) in [5.41, 5.74) is 2.60. The number of fused-ring (bicyclic) bond motifs is 3. The molecule has 1 atom stereocenters. The van der Waals surface area contributed by atoms with E-state index < -0.39 is 16.1 Å². The second kappa shape index (κ2) is 8.42. The van der Waals surface area contributed by atoms with Gasteiger partial charge in [-0.25, -0.2) is 27.0 Å². The summed E-state index contributed by atoms with van der Waals surface area (Å²) in [5, 5.41) is 22.3. The van der Waals surface area contributed by atoms with E-state index >= 15 is 0 Å². The summed E-state index contributed by atoms with van der Waals surface area (Å²) in [5.74, 6) is 0.839. The predicted molar refractivity (Wildman–Crippen MR) is 128 cm³/mol. The fourth-order valence-corrected chi connectivity index (χ4v) is 5.96. The number of hydrogen-bond donors (Lipinski definition) is 1. The molecule has 0 unspecified atom stereocenters. The Morgan fingerprint density at radius 1 is 1.21 bits per heavy atom. The molecular weight excluding hydrogens is 452 g/mol. The highest BCUT2D eigenvalue weighted by atomic mass is 32.2. The molecule has 34 heavy (non-hydrogen) atoms. The van der Waals surface area contributed by atoms with E-state index in [1.54, 1.807) is 43.5 Å². The van der Waals surface area contributed by atoms with Crippen LogP contribution in [0.2, 0.25) is 0 Å². The molecule has 0 amide bonds.